The second-order valence-corrected chi connectivity index (χ2v) is 8.21. The Bertz CT molecular complexity index is 1150. The van der Waals surface area contributed by atoms with E-state index in [0.717, 1.165) is 21.3 Å². The van der Waals surface area contributed by atoms with Crippen LogP contribution in [0.1, 0.15) is 5.56 Å². The van der Waals surface area contributed by atoms with Gasteiger partial charge in [0, 0.05) is 10.9 Å². The van der Waals surface area contributed by atoms with Gasteiger partial charge in [0.15, 0.2) is 0 Å². The number of benzene rings is 3. The van der Waals surface area contributed by atoms with Crippen LogP contribution in [0.2, 0.25) is 0 Å². The van der Waals surface area contributed by atoms with E-state index in [1.165, 1.54) is 6.21 Å². The molecule has 3 aromatic rings. The normalized spacial score (nSPS) is 11.5. The van der Waals surface area contributed by atoms with Crippen LogP contribution < -0.4 is 14.5 Å². The highest BCUT2D eigenvalue weighted by Gasteiger charge is 2.22. The van der Waals surface area contributed by atoms with Crippen LogP contribution in [0.4, 0.5) is 5.69 Å². The number of nitrogens with one attached hydrogen (secondary N) is 1. The third-order valence-electron chi connectivity index (χ3n) is 4.25. The minimum Gasteiger partial charge on any atom is -0.496 e. The maximum atomic E-state index is 12.4. The molecule has 150 valence electrons. The molecule has 0 saturated heterocycles. The Kier molecular flexibility index (Phi) is 6.13. The second kappa shape index (κ2) is 8.74. The van der Waals surface area contributed by atoms with Crippen molar-refractivity contribution in [2.45, 2.75) is 0 Å². The highest BCUT2D eigenvalue weighted by Crippen LogP contribution is 2.28. The summed E-state index contributed by atoms with van der Waals surface area (Å²) >= 11 is 0. The second-order valence-electron chi connectivity index (χ2n) is 6.30. The first-order chi connectivity index (χ1) is 13.9. The number of anilines is 1. The van der Waals surface area contributed by atoms with Crippen molar-refractivity contribution in [3.8, 4) is 5.75 Å². The van der Waals surface area contributed by atoms with Crippen LogP contribution in [-0.4, -0.2) is 40.4 Å². The summed E-state index contributed by atoms with van der Waals surface area (Å²) in [6.45, 7) is -0.393. The van der Waals surface area contributed by atoms with Gasteiger partial charge in [0.1, 0.15) is 12.3 Å². The van der Waals surface area contributed by atoms with Crippen molar-refractivity contribution in [2.75, 3.05) is 24.2 Å². The standard InChI is InChI=1S/C21H21N3O4S/c1-28-20-13-6-4-9-17(20)14-22-23-21(25)15-24(29(2,26)27)19-12-7-10-16-8-3-5-11-18(16)19/h3-14H,15H2,1-2H3,(H,23,25)/b22-14-. The lowest BCUT2D eigenvalue weighted by atomic mass is 10.1. The number of hydrazone groups is 1. The van der Waals surface area contributed by atoms with Crippen LogP contribution in [0.5, 0.6) is 5.75 Å². The highest BCUT2D eigenvalue weighted by molar-refractivity contribution is 7.92. The number of methoxy groups -OCH3 is 1. The largest absolute Gasteiger partial charge is 0.496 e. The number of hydrogen-bond acceptors (Lipinski definition) is 5. The summed E-state index contributed by atoms with van der Waals surface area (Å²) in [5.41, 5.74) is 3.50. The third kappa shape index (κ3) is 4.91. The SMILES string of the molecule is COc1ccccc1/C=N\NC(=O)CN(c1cccc2ccccc12)S(C)(=O)=O. The average Bonchev–Trinajstić information content (AvgIpc) is 2.71. The van der Waals surface area contributed by atoms with Gasteiger partial charge in [0.25, 0.3) is 5.91 Å². The summed E-state index contributed by atoms with van der Waals surface area (Å²) in [6.07, 6.45) is 2.51. The zero-order valence-corrected chi connectivity index (χ0v) is 16.9. The molecule has 3 rings (SSSR count). The van der Waals surface area contributed by atoms with Crippen molar-refractivity contribution in [3.63, 3.8) is 0 Å². The van der Waals surface area contributed by atoms with Crippen molar-refractivity contribution >= 4 is 38.6 Å². The molecule has 0 saturated carbocycles. The van der Waals surface area contributed by atoms with E-state index >= 15 is 0 Å². The van der Waals surface area contributed by atoms with E-state index in [1.54, 1.807) is 31.4 Å². The summed E-state index contributed by atoms with van der Waals surface area (Å²) in [5, 5.41) is 5.54. The van der Waals surface area contributed by atoms with Gasteiger partial charge in [-0.15, -0.1) is 0 Å². The molecular weight excluding hydrogens is 390 g/mol. The maximum absolute atomic E-state index is 12.4. The van der Waals surface area contributed by atoms with Gasteiger partial charge < -0.3 is 4.74 Å². The van der Waals surface area contributed by atoms with Gasteiger partial charge >= 0.3 is 0 Å². The van der Waals surface area contributed by atoms with Crippen molar-refractivity contribution in [2.24, 2.45) is 5.10 Å². The van der Waals surface area contributed by atoms with Gasteiger partial charge in [-0.05, 0) is 23.6 Å². The van der Waals surface area contributed by atoms with E-state index in [4.69, 9.17) is 4.74 Å². The van der Waals surface area contributed by atoms with Gasteiger partial charge in [-0.2, -0.15) is 5.10 Å². The van der Waals surface area contributed by atoms with Crippen LogP contribution in [0.15, 0.2) is 71.8 Å². The Morgan fingerprint density at radius 2 is 1.76 bits per heavy atom. The Morgan fingerprint density at radius 1 is 1.07 bits per heavy atom. The summed E-state index contributed by atoms with van der Waals surface area (Å²) in [5.74, 6) is 0.0496. The van der Waals surface area contributed by atoms with Gasteiger partial charge in [-0.1, -0.05) is 48.5 Å². The van der Waals surface area contributed by atoms with E-state index in [-0.39, 0.29) is 0 Å². The first-order valence-corrected chi connectivity index (χ1v) is 10.7. The van der Waals surface area contributed by atoms with Gasteiger partial charge in [-0.25, -0.2) is 13.8 Å². The number of nitrogens with zero attached hydrogens (tertiary/aromatic N) is 2. The Labute approximate surface area is 169 Å². The molecule has 0 bridgehead atoms. The van der Waals surface area contributed by atoms with Gasteiger partial charge in [-0.3, -0.25) is 9.10 Å². The van der Waals surface area contributed by atoms with E-state index in [9.17, 15) is 13.2 Å². The lowest BCUT2D eigenvalue weighted by molar-refractivity contribution is -0.119. The van der Waals surface area contributed by atoms with Crippen LogP contribution in [0.3, 0.4) is 0 Å². The molecule has 0 atom stereocenters. The third-order valence-corrected chi connectivity index (χ3v) is 5.38. The molecular formula is C21H21N3O4S. The molecule has 7 nitrogen and oxygen atoms in total. The lowest BCUT2D eigenvalue weighted by Gasteiger charge is -2.23. The minimum atomic E-state index is -3.69. The molecule has 0 fully saturated rings. The number of carbonyl (C=O) groups is 1. The van der Waals surface area contributed by atoms with Crippen molar-refractivity contribution in [1.29, 1.82) is 0 Å². The predicted octanol–water partition coefficient (Wildman–Crippen LogP) is 2.76. The van der Waals surface area contributed by atoms with E-state index in [0.29, 0.717) is 17.0 Å². The zero-order chi connectivity index (χ0) is 20.9. The molecule has 0 radical (unpaired) electrons. The molecule has 0 aromatic heterocycles. The maximum Gasteiger partial charge on any atom is 0.260 e. The molecule has 0 aliphatic carbocycles. The van der Waals surface area contributed by atoms with Crippen LogP contribution >= 0.6 is 0 Å². The number of para-hydroxylation sites is 1. The van der Waals surface area contributed by atoms with E-state index in [2.05, 4.69) is 10.5 Å². The molecule has 0 heterocycles. The van der Waals surface area contributed by atoms with E-state index < -0.39 is 22.5 Å². The number of carbonyl (C=O) groups excluding carboxylic acids is 1. The van der Waals surface area contributed by atoms with Crippen molar-refractivity contribution in [1.82, 2.24) is 5.43 Å². The van der Waals surface area contributed by atoms with Crippen molar-refractivity contribution in [3.05, 3.63) is 72.3 Å². The van der Waals surface area contributed by atoms with Crippen LogP contribution in [0.25, 0.3) is 10.8 Å². The Morgan fingerprint density at radius 3 is 2.52 bits per heavy atom. The molecule has 0 aliphatic heterocycles. The van der Waals surface area contributed by atoms with E-state index in [1.807, 2.05) is 42.5 Å². The molecule has 0 unspecified atom stereocenters. The Hall–Kier alpha value is -3.39. The topological polar surface area (TPSA) is 88.1 Å². The van der Waals surface area contributed by atoms with Crippen molar-refractivity contribution < 1.29 is 17.9 Å². The van der Waals surface area contributed by atoms with Gasteiger partial charge in [0.05, 0.1) is 25.3 Å². The molecule has 0 spiro atoms. The molecule has 0 aliphatic rings. The van der Waals surface area contributed by atoms with Crippen LogP contribution in [0, 0.1) is 0 Å². The highest BCUT2D eigenvalue weighted by atomic mass is 32.2. The quantitative estimate of drug-likeness (QED) is 0.478. The number of rotatable bonds is 7. The van der Waals surface area contributed by atoms with Gasteiger partial charge in [0.2, 0.25) is 10.0 Å². The molecule has 29 heavy (non-hydrogen) atoms. The summed E-state index contributed by atoms with van der Waals surface area (Å²) < 4.78 is 31.1. The molecule has 8 heteroatoms. The fourth-order valence-electron chi connectivity index (χ4n) is 2.92. The Balaban J connectivity index is 1.81. The fraction of sp³-hybridized carbons (Fsp3) is 0.143. The monoisotopic (exact) mass is 411 g/mol. The smallest absolute Gasteiger partial charge is 0.260 e. The number of hydrogen-bond donors (Lipinski definition) is 1. The zero-order valence-electron chi connectivity index (χ0n) is 16.1. The summed E-state index contributed by atoms with van der Waals surface area (Å²) in [6, 6.07) is 19.9. The predicted molar refractivity (Wildman–Crippen MR) is 115 cm³/mol. The first-order valence-electron chi connectivity index (χ1n) is 8.80. The molecule has 3 aromatic carbocycles. The number of sulfonamides is 1. The first kappa shape index (κ1) is 20.3. The fourth-order valence-corrected chi connectivity index (χ4v) is 3.79. The average molecular weight is 411 g/mol. The number of fused-ring (bicyclic) bond motifs is 1. The van der Waals surface area contributed by atoms with Crippen LogP contribution in [-0.2, 0) is 14.8 Å². The number of amides is 1. The summed E-state index contributed by atoms with van der Waals surface area (Å²) in [4.78, 5) is 12.4. The number of ether oxygens (including phenoxy) is 1. The molecule has 1 N–H and O–H groups in total. The molecule has 1 amide bonds. The summed E-state index contributed by atoms with van der Waals surface area (Å²) in [7, 11) is -2.15. The lowest BCUT2D eigenvalue weighted by Crippen LogP contribution is -2.39. The minimum absolute atomic E-state index is 0.393.